The highest BCUT2D eigenvalue weighted by Crippen LogP contribution is 2.20. The van der Waals surface area contributed by atoms with Crippen molar-refractivity contribution in [1.29, 1.82) is 0 Å². The van der Waals surface area contributed by atoms with Gasteiger partial charge in [-0.15, -0.1) is 0 Å². The van der Waals surface area contributed by atoms with Crippen molar-refractivity contribution < 1.29 is 14.7 Å². The quantitative estimate of drug-likeness (QED) is 0.627. The zero-order valence-corrected chi connectivity index (χ0v) is 9.83. The van der Waals surface area contributed by atoms with E-state index < -0.39 is 5.91 Å². The van der Waals surface area contributed by atoms with E-state index in [1.165, 1.54) is 0 Å². The van der Waals surface area contributed by atoms with Gasteiger partial charge in [0.15, 0.2) is 11.4 Å². The van der Waals surface area contributed by atoms with Crippen molar-refractivity contribution in [2.45, 2.75) is 6.61 Å². The highest BCUT2D eigenvalue weighted by molar-refractivity contribution is 5.94. The summed E-state index contributed by atoms with van der Waals surface area (Å²) in [7, 11) is 1.70. The van der Waals surface area contributed by atoms with Crippen LogP contribution in [0.1, 0.15) is 16.1 Å². The number of amides is 1. The molecule has 0 aromatic carbocycles. The van der Waals surface area contributed by atoms with Crippen LogP contribution in [0.5, 0.6) is 5.75 Å². The second kappa shape index (κ2) is 5.33. The third-order valence-electron chi connectivity index (χ3n) is 2.50. The van der Waals surface area contributed by atoms with Gasteiger partial charge in [0.25, 0.3) is 5.91 Å². The van der Waals surface area contributed by atoms with Crippen LogP contribution in [0.25, 0.3) is 0 Å². The Morgan fingerprint density at radius 1 is 1.44 bits per heavy atom. The maximum atomic E-state index is 11.5. The molecule has 0 fully saturated rings. The lowest BCUT2D eigenvalue weighted by Gasteiger charge is -2.07. The second-order valence-electron chi connectivity index (χ2n) is 3.72. The molecular formula is C12H13N3O3. The van der Waals surface area contributed by atoms with E-state index >= 15 is 0 Å². The predicted octanol–water partition coefficient (Wildman–Crippen LogP) is 1.12. The van der Waals surface area contributed by atoms with Gasteiger partial charge in [-0.2, -0.15) is 0 Å². The second-order valence-corrected chi connectivity index (χ2v) is 3.72. The van der Waals surface area contributed by atoms with E-state index in [2.05, 4.69) is 4.98 Å². The fourth-order valence-electron chi connectivity index (χ4n) is 1.59. The van der Waals surface area contributed by atoms with Gasteiger partial charge in [0.2, 0.25) is 0 Å². The fraction of sp³-hybridized carbons (Fsp3) is 0.167. The van der Waals surface area contributed by atoms with Crippen molar-refractivity contribution in [3.8, 4) is 5.75 Å². The van der Waals surface area contributed by atoms with E-state index in [0.717, 1.165) is 5.56 Å². The van der Waals surface area contributed by atoms with E-state index in [0.29, 0.717) is 12.4 Å². The minimum atomic E-state index is -0.604. The van der Waals surface area contributed by atoms with Gasteiger partial charge < -0.3 is 9.30 Å². The van der Waals surface area contributed by atoms with Crippen LogP contribution in [0.3, 0.4) is 0 Å². The summed E-state index contributed by atoms with van der Waals surface area (Å²) >= 11 is 0. The van der Waals surface area contributed by atoms with Crippen molar-refractivity contribution in [3.05, 3.63) is 48.0 Å². The lowest BCUT2D eigenvalue weighted by Crippen LogP contribution is -2.22. The molecule has 0 atom stereocenters. The van der Waals surface area contributed by atoms with Gasteiger partial charge >= 0.3 is 0 Å². The minimum absolute atomic E-state index is 0.270. The van der Waals surface area contributed by atoms with Crippen LogP contribution in [-0.2, 0) is 13.7 Å². The van der Waals surface area contributed by atoms with Crippen molar-refractivity contribution in [2.75, 3.05) is 0 Å². The van der Waals surface area contributed by atoms with Crippen LogP contribution in [-0.4, -0.2) is 20.7 Å². The maximum absolute atomic E-state index is 11.5. The number of nitrogens with zero attached hydrogens (tertiary/aromatic N) is 2. The highest BCUT2D eigenvalue weighted by Gasteiger charge is 2.16. The number of hydroxylamine groups is 1. The van der Waals surface area contributed by atoms with E-state index in [1.807, 2.05) is 12.1 Å². The summed E-state index contributed by atoms with van der Waals surface area (Å²) in [6.07, 6.45) is 5.03. The molecule has 6 heteroatoms. The van der Waals surface area contributed by atoms with Gasteiger partial charge in [0.1, 0.15) is 6.61 Å². The summed E-state index contributed by atoms with van der Waals surface area (Å²) in [5.74, 6) is -0.187. The van der Waals surface area contributed by atoms with Gasteiger partial charge in [0, 0.05) is 25.6 Å². The molecule has 1 amide bonds. The average Bonchev–Trinajstić information content (AvgIpc) is 2.78. The summed E-state index contributed by atoms with van der Waals surface area (Å²) < 4.78 is 7.12. The van der Waals surface area contributed by atoms with Crippen LogP contribution >= 0.6 is 0 Å². The minimum Gasteiger partial charge on any atom is -0.486 e. The molecule has 0 unspecified atom stereocenters. The summed E-state index contributed by atoms with van der Waals surface area (Å²) in [4.78, 5) is 15.4. The van der Waals surface area contributed by atoms with Crippen molar-refractivity contribution in [3.63, 3.8) is 0 Å². The maximum Gasteiger partial charge on any atom is 0.295 e. The topological polar surface area (TPSA) is 76.4 Å². The Kier molecular flexibility index (Phi) is 3.59. The number of nitrogens with one attached hydrogen (secondary N) is 1. The zero-order chi connectivity index (χ0) is 13.0. The van der Waals surface area contributed by atoms with Crippen molar-refractivity contribution >= 4 is 5.91 Å². The molecule has 0 bridgehead atoms. The third kappa shape index (κ3) is 2.49. The molecule has 0 aliphatic heterocycles. The average molecular weight is 247 g/mol. The number of rotatable bonds is 4. The molecule has 0 aliphatic carbocycles. The number of hydrogen-bond acceptors (Lipinski definition) is 4. The van der Waals surface area contributed by atoms with Gasteiger partial charge in [-0.05, 0) is 23.8 Å². The summed E-state index contributed by atoms with van der Waals surface area (Å²) in [5.41, 5.74) is 2.82. The van der Waals surface area contributed by atoms with Crippen LogP contribution in [0, 0.1) is 0 Å². The Morgan fingerprint density at radius 3 is 2.83 bits per heavy atom. The molecule has 2 aromatic rings. The molecule has 0 saturated carbocycles. The van der Waals surface area contributed by atoms with Gasteiger partial charge in [-0.1, -0.05) is 0 Å². The Balaban J connectivity index is 2.13. The SMILES string of the molecule is Cn1ccc(OCc2ccncc2)c1C(=O)NO. The van der Waals surface area contributed by atoms with E-state index in [-0.39, 0.29) is 5.69 Å². The monoisotopic (exact) mass is 247 g/mol. The Morgan fingerprint density at radius 2 is 2.17 bits per heavy atom. The summed E-state index contributed by atoms with van der Waals surface area (Å²) in [6, 6.07) is 5.33. The van der Waals surface area contributed by atoms with Gasteiger partial charge in [0.05, 0.1) is 0 Å². The number of aryl methyl sites for hydroxylation is 1. The van der Waals surface area contributed by atoms with Crippen LogP contribution < -0.4 is 10.2 Å². The molecule has 0 spiro atoms. The molecule has 94 valence electrons. The first-order valence-electron chi connectivity index (χ1n) is 5.34. The smallest absolute Gasteiger partial charge is 0.295 e. The molecule has 2 N–H and O–H groups in total. The molecule has 0 saturated heterocycles. The van der Waals surface area contributed by atoms with Crippen molar-refractivity contribution in [1.82, 2.24) is 15.0 Å². The lowest BCUT2D eigenvalue weighted by atomic mass is 10.3. The number of carbonyl (C=O) groups is 1. The zero-order valence-electron chi connectivity index (χ0n) is 9.83. The van der Waals surface area contributed by atoms with E-state index in [4.69, 9.17) is 9.94 Å². The molecule has 2 aromatic heterocycles. The lowest BCUT2D eigenvalue weighted by molar-refractivity contribution is 0.0692. The van der Waals surface area contributed by atoms with Gasteiger partial charge in [-0.3, -0.25) is 15.0 Å². The Labute approximate surface area is 104 Å². The molecule has 2 rings (SSSR count). The molecule has 0 aliphatic rings. The Hall–Kier alpha value is -2.34. The normalized spacial score (nSPS) is 10.1. The van der Waals surface area contributed by atoms with Crippen LogP contribution in [0.2, 0.25) is 0 Å². The first-order valence-corrected chi connectivity index (χ1v) is 5.34. The molecular weight excluding hydrogens is 234 g/mol. The molecule has 0 radical (unpaired) electrons. The number of ether oxygens (including phenoxy) is 1. The predicted molar refractivity (Wildman–Crippen MR) is 63.2 cm³/mol. The number of pyridine rings is 1. The van der Waals surface area contributed by atoms with E-state index in [9.17, 15) is 4.79 Å². The van der Waals surface area contributed by atoms with Crippen LogP contribution in [0.4, 0.5) is 0 Å². The van der Waals surface area contributed by atoms with E-state index in [1.54, 1.807) is 41.8 Å². The number of carbonyl (C=O) groups excluding carboxylic acids is 1. The molecule has 18 heavy (non-hydrogen) atoms. The first-order chi connectivity index (χ1) is 8.72. The number of hydrogen-bond donors (Lipinski definition) is 2. The highest BCUT2D eigenvalue weighted by atomic mass is 16.5. The summed E-state index contributed by atoms with van der Waals surface area (Å²) in [5, 5.41) is 8.66. The standard InChI is InChI=1S/C12H13N3O3/c1-15-7-4-10(11(15)12(16)14-17)18-8-9-2-5-13-6-3-9/h2-7,17H,8H2,1H3,(H,14,16). The molecule has 6 nitrogen and oxygen atoms in total. The summed E-state index contributed by atoms with van der Waals surface area (Å²) in [6.45, 7) is 0.332. The Bertz CT molecular complexity index is 537. The first kappa shape index (κ1) is 12.1. The van der Waals surface area contributed by atoms with Crippen LogP contribution in [0.15, 0.2) is 36.8 Å². The fourth-order valence-corrected chi connectivity index (χ4v) is 1.59. The third-order valence-corrected chi connectivity index (χ3v) is 2.50. The molecule has 2 heterocycles. The number of aromatic nitrogens is 2. The largest absolute Gasteiger partial charge is 0.486 e. The van der Waals surface area contributed by atoms with Gasteiger partial charge in [-0.25, -0.2) is 5.48 Å². The van der Waals surface area contributed by atoms with Crippen molar-refractivity contribution in [2.24, 2.45) is 7.05 Å².